The zero-order chi connectivity index (χ0) is 20.5. The van der Waals surface area contributed by atoms with Gasteiger partial charge in [-0.15, -0.1) is 0 Å². The molecule has 0 unspecified atom stereocenters. The van der Waals surface area contributed by atoms with Crippen molar-refractivity contribution in [2.45, 2.75) is 13.8 Å². The molecule has 28 heavy (non-hydrogen) atoms. The fraction of sp³-hybridized carbons (Fsp3) is 0.250. The molecule has 8 nitrogen and oxygen atoms in total. The van der Waals surface area contributed by atoms with E-state index in [2.05, 4.69) is 10.6 Å². The van der Waals surface area contributed by atoms with E-state index < -0.39 is 5.97 Å². The third-order valence-electron chi connectivity index (χ3n) is 3.45. The Kier molecular flexibility index (Phi) is 7.38. The lowest BCUT2D eigenvalue weighted by atomic mass is 10.1. The predicted octanol–water partition coefficient (Wildman–Crippen LogP) is 2.85. The van der Waals surface area contributed by atoms with Crippen LogP contribution < -0.4 is 20.1 Å². The summed E-state index contributed by atoms with van der Waals surface area (Å²) in [5, 5.41) is 5.16. The average Bonchev–Trinajstić information content (AvgIpc) is 2.64. The first-order valence-electron chi connectivity index (χ1n) is 8.51. The molecule has 2 rings (SSSR count). The summed E-state index contributed by atoms with van der Waals surface area (Å²) in [6, 6.07) is 11.5. The van der Waals surface area contributed by atoms with E-state index in [1.54, 1.807) is 37.4 Å². The molecule has 0 aliphatic heterocycles. The smallest absolute Gasteiger partial charge is 0.338 e. The molecule has 0 bridgehead atoms. The maximum absolute atomic E-state index is 12.3. The van der Waals surface area contributed by atoms with Crippen molar-refractivity contribution >= 4 is 29.2 Å². The Morgan fingerprint density at radius 2 is 1.36 bits per heavy atom. The van der Waals surface area contributed by atoms with Gasteiger partial charge < -0.3 is 24.8 Å². The lowest BCUT2D eigenvalue weighted by molar-refractivity contribution is -0.115. The summed E-state index contributed by atoms with van der Waals surface area (Å²) in [4.78, 5) is 34.8. The maximum atomic E-state index is 12.3. The molecule has 0 aromatic heterocycles. The van der Waals surface area contributed by atoms with E-state index in [0.717, 1.165) is 0 Å². The van der Waals surface area contributed by atoms with E-state index in [1.807, 2.05) is 0 Å². The molecular formula is C20H22N2O6. The van der Waals surface area contributed by atoms with Crippen molar-refractivity contribution < 1.29 is 28.6 Å². The molecule has 0 saturated heterocycles. The number of amides is 2. The number of carbonyl (C=O) groups is 3. The number of methoxy groups -OCH3 is 1. The van der Waals surface area contributed by atoms with Gasteiger partial charge in [0.25, 0.3) is 0 Å². The highest BCUT2D eigenvalue weighted by molar-refractivity contribution is 5.97. The van der Waals surface area contributed by atoms with Crippen LogP contribution in [0.25, 0.3) is 0 Å². The van der Waals surface area contributed by atoms with Crippen LogP contribution in [0.3, 0.4) is 0 Å². The van der Waals surface area contributed by atoms with Gasteiger partial charge in [0.1, 0.15) is 24.7 Å². The average molecular weight is 386 g/mol. The van der Waals surface area contributed by atoms with Crippen molar-refractivity contribution in [3.05, 3.63) is 48.0 Å². The molecule has 0 saturated carbocycles. The van der Waals surface area contributed by atoms with Crippen LogP contribution in [0.2, 0.25) is 0 Å². The number of carbonyl (C=O) groups excluding carboxylic acids is 3. The molecule has 2 aromatic rings. The normalized spacial score (nSPS) is 9.96. The fourth-order valence-corrected chi connectivity index (χ4v) is 2.35. The van der Waals surface area contributed by atoms with Crippen LogP contribution in [-0.4, -0.2) is 38.1 Å². The van der Waals surface area contributed by atoms with Crippen molar-refractivity contribution in [1.29, 1.82) is 0 Å². The molecule has 0 fully saturated rings. The molecule has 0 heterocycles. The van der Waals surface area contributed by atoms with Crippen molar-refractivity contribution in [3.63, 3.8) is 0 Å². The van der Waals surface area contributed by atoms with Gasteiger partial charge in [-0.3, -0.25) is 9.59 Å². The highest BCUT2D eigenvalue weighted by Crippen LogP contribution is 2.20. The molecule has 2 N–H and O–H groups in total. The largest absolute Gasteiger partial charge is 0.497 e. The van der Waals surface area contributed by atoms with Crippen LogP contribution in [0, 0.1) is 0 Å². The van der Waals surface area contributed by atoms with Gasteiger partial charge in [0.2, 0.25) is 11.8 Å². The fourth-order valence-electron chi connectivity index (χ4n) is 2.35. The molecular weight excluding hydrogens is 364 g/mol. The first-order chi connectivity index (χ1) is 13.4. The minimum absolute atomic E-state index is 0.0324. The topological polar surface area (TPSA) is 103 Å². The van der Waals surface area contributed by atoms with Gasteiger partial charge in [-0.2, -0.15) is 0 Å². The van der Waals surface area contributed by atoms with Crippen LogP contribution >= 0.6 is 0 Å². The Hall–Kier alpha value is -3.55. The first-order valence-corrected chi connectivity index (χ1v) is 8.51. The van der Waals surface area contributed by atoms with E-state index in [0.29, 0.717) is 22.9 Å². The zero-order valence-electron chi connectivity index (χ0n) is 15.9. The second kappa shape index (κ2) is 9.96. The van der Waals surface area contributed by atoms with Crippen LogP contribution in [0.4, 0.5) is 11.4 Å². The van der Waals surface area contributed by atoms with Gasteiger partial charge in [-0.1, -0.05) is 0 Å². The second-order valence-corrected chi connectivity index (χ2v) is 5.82. The summed E-state index contributed by atoms with van der Waals surface area (Å²) < 4.78 is 15.8. The number of esters is 1. The monoisotopic (exact) mass is 386 g/mol. The summed E-state index contributed by atoms with van der Waals surface area (Å²) in [6.07, 6.45) is 0. The SMILES string of the molecule is COc1ccc(OCCOC(=O)c2cc(NC(C)=O)cc(NC(C)=O)c2)cc1. The van der Waals surface area contributed by atoms with Gasteiger partial charge in [-0.05, 0) is 42.5 Å². The van der Waals surface area contributed by atoms with Crippen LogP contribution in [0.15, 0.2) is 42.5 Å². The molecule has 0 aliphatic carbocycles. The molecule has 2 aromatic carbocycles. The lowest BCUT2D eigenvalue weighted by Crippen LogP contribution is -2.14. The highest BCUT2D eigenvalue weighted by Gasteiger charge is 2.12. The summed E-state index contributed by atoms with van der Waals surface area (Å²) in [7, 11) is 1.58. The summed E-state index contributed by atoms with van der Waals surface area (Å²) in [6.45, 7) is 2.89. The maximum Gasteiger partial charge on any atom is 0.338 e. The second-order valence-electron chi connectivity index (χ2n) is 5.82. The van der Waals surface area contributed by atoms with E-state index in [-0.39, 0.29) is 30.6 Å². The van der Waals surface area contributed by atoms with Crippen LogP contribution in [0.5, 0.6) is 11.5 Å². The highest BCUT2D eigenvalue weighted by atomic mass is 16.6. The van der Waals surface area contributed by atoms with Crippen LogP contribution in [0.1, 0.15) is 24.2 Å². The van der Waals surface area contributed by atoms with Crippen LogP contribution in [-0.2, 0) is 14.3 Å². The van der Waals surface area contributed by atoms with Crippen molar-refractivity contribution in [2.75, 3.05) is 31.0 Å². The van der Waals surface area contributed by atoms with Gasteiger partial charge in [0.05, 0.1) is 12.7 Å². The summed E-state index contributed by atoms with van der Waals surface area (Å²) in [5.41, 5.74) is 0.944. The standard InChI is InChI=1S/C20H22N2O6/c1-13(23)21-16-10-15(11-17(12-16)22-14(2)24)20(25)28-9-8-27-19-6-4-18(26-3)5-7-19/h4-7,10-12H,8-9H2,1-3H3,(H,21,23)(H,22,24). The molecule has 2 amide bonds. The number of rotatable bonds is 8. The molecule has 0 radical (unpaired) electrons. The van der Waals surface area contributed by atoms with Gasteiger partial charge in [0, 0.05) is 25.2 Å². The lowest BCUT2D eigenvalue weighted by Gasteiger charge is -2.11. The molecule has 8 heteroatoms. The van der Waals surface area contributed by atoms with Gasteiger partial charge >= 0.3 is 5.97 Å². The van der Waals surface area contributed by atoms with E-state index in [1.165, 1.54) is 26.0 Å². The van der Waals surface area contributed by atoms with E-state index >= 15 is 0 Å². The predicted molar refractivity (Wildman–Crippen MR) is 104 cm³/mol. The Balaban J connectivity index is 1.95. The number of anilines is 2. The third kappa shape index (κ3) is 6.64. The third-order valence-corrected chi connectivity index (χ3v) is 3.45. The molecule has 0 atom stereocenters. The Morgan fingerprint density at radius 1 is 0.821 bits per heavy atom. The number of hydrogen-bond donors (Lipinski definition) is 2. The van der Waals surface area contributed by atoms with Gasteiger partial charge in [0.15, 0.2) is 0 Å². The quantitative estimate of drug-likeness (QED) is 0.534. The number of nitrogens with one attached hydrogen (secondary N) is 2. The Morgan fingerprint density at radius 3 is 1.86 bits per heavy atom. The number of ether oxygens (including phenoxy) is 3. The van der Waals surface area contributed by atoms with E-state index in [9.17, 15) is 14.4 Å². The Bertz CT molecular complexity index is 814. The van der Waals surface area contributed by atoms with Gasteiger partial charge in [-0.25, -0.2) is 4.79 Å². The minimum atomic E-state index is -0.600. The first kappa shape index (κ1) is 20.8. The number of hydrogen-bond acceptors (Lipinski definition) is 6. The molecule has 0 spiro atoms. The summed E-state index contributed by atoms with van der Waals surface area (Å²) >= 11 is 0. The van der Waals surface area contributed by atoms with Crippen molar-refractivity contribution in [3.8, 4) is 11.5 Å². The van der Waals surface area contributed by atoms with E-state index in [4.69, 9.17) is 14.2 Å². The molecule has 148 valence electrons. The Labute approximate surface area is 162 Å². The summed E-state index contributed by atoms with van der Waals surface area (Å²) in [5.74, 6) is 0.141. The minimum Gasteiger partial charge on any atom is -0.497 e. The molecule has 0 aliphatic rings. The zero-order valence-corrected chi connectivity index (χ0v) is 15.9. The van der Waals surface area contributed by atoms with Crippen molar-refractivity contribution in [2.24, 2.45) is 0 Å². The number of benzene rings is 2. The van der Waals surface area contributed by atoms with Crippen molar-refractivity contribution in [1.82, 2.24) is 0 Å².